The van der Waals surface area contributed by atoms with Crippen LogP contribution in [0.15, 0.2) is 42.7 Å². The van der Waals surface area contributed by atoms with Crippen LogP contribution >= 0.6 is 0 Å². The van der Waals surface area contributed by atoms with Crippen LogP contribution in [0.1, 0.15) is 41.1 Å². The highest BCUT2D eigenvalue weighted by Gasteiger charge is 2.38. The highest BCUT2D eigenvalue weighted by molar-refractivity contribution is 5.95. The van der Waals surface area contributed by atoms with Crippen LogP contribution in [0.3, 0.4) is 0 Å². The molecule has 0 spiro atoms. The van der Waals surface area contributed by atoms with Crippen molar-refractivity contribution in [1.82, 2.24) is 24.3 Å². The maximum atomic E-state index is 13.2. The number of carboxylic acid groups (broad SMARTS) is 1. The van der Waals surface area contributed by atoms with Crippen LogP contribution < -0.4 is 0 Å². The molecule has 3 aromatic rings. The summed E-state index contributed by atoms with van der Waals surface area (Å²) in [7, 11) is 0. The standard InChI is InChI=1S/C22H23N5O2.C2HF3O2/c28-21-7-3-10-25(21)13-19-20-14-26(11-4-12-27(20)15-23-19)22(29)18-9-8-16-5-1-2-6-17(16)24-18;3-2(4,5)1(6)7/h1-2,5-6,8-9,15H,3-4,7,10-14H2;(H,6,7). The summed E-state index contributed by atoms with van der Waals surface area (Å²) in [6.45, 7) is 3.30. The topological polar surface area (TPSA) is 109 Å². The van der Waals surface area contributed by atoms with Crippen molar-refractivity contribution in [2.75, 3.05) is 13.1 Å². The van der Waals surface area contributed by atoms with Crippen LogP contribution in [-0.4, -0.2) is 66.5 Å². The number of halogens is 3. The van der Waals surface area contributed by atoms with Crippen LogP contribution in [0.4, 0.5) is 13.2 Å². The Balaban J connectivity index is 0.000000384. The van der Waals surface area contributed by atoms with Gasteiger partial charge in [0.1, 0.15) is 5.69 Å². The van der Waals surface area contributed by atoms with Gasteiger partial charge in [-0.1, -0.05) is 24.3 Å². The van der Waals surface area contributed by atoms with Crippen molar-refractivity contribution in [1.29, 1.82) is 0 Å². The maximum absolute atomic E-state index is 13.2. The monoisotopic (exact) mass is 503 g/mol. The number of fused-ring (bicyclic) bond motifs is 2. The van der Waals surface area contributed by atoms with Crippen molar-refractivity contribution in [3.8, 4) is 0 Å². The van der Waals surface area contributed by atoms with Gasteiger partial charge in [-0.3, -0.25) is 9.59 Å². The van der Waals surface area contributed by atoms with Gasteiger partial charge in [0.05, 0.1) is 36.3 Å². The van der Waals surface area contributed by atoms with E-state index in [1.54, 1.807) is 6.07 Å². The van der Waals surface area contributed by atoms with Crippen molar-refractivity contribution in [3.05, 3.63) is 59.8 Å². The quantitative estimate of drug-likeness (QED) is 0.588. The molecule has 1 fully saturated rings. The molecular weight excluding hydrogens is 479 g/mol. The number of aromatic nitrogens is 3. The lowest BCUT2D eigenvalue weighted by atomic mass is 10.2. The van der Waals surface area contributed by atoms with Crippen molar-refractivity contribution in [2.24, 2.45) is 0 Å². The highest BCUT2D eigenvalue weighted by Crippen LogP contribution is 2.22. The molecule has 36 heavy (non-hydrogen) atoms. The number of imidazole rings is 1. The average Bonchev–Trinajstić information content (AvgIpc) is 3.35. The Morgan fingerprint density at radius 1 is 1.03 bits per heavy atom. The van der Waals surface area contributed by atoms with Crippen molar-refractivity contribution in [2.45, 2.75) is 45.1 Å². The normalized spacial score (nSPS) is 15.8. The summed E-state index contributed by atoms with van der Waals surface area (Å²) in [6.07, 6.45) is -0.848. The molecule has 1 N–H and O–H groups in total. The van der Waals surface area contributed by atoms with Gasteiger partial charge in [0.25, 0.3) is 5.91 Å². The van der Waals surface area contributed by atoms with Crippen LogP contribution in [-0.2, 0) is 29.2 Å². The molecule has 12 heteroatoms. The molecule has 190 valence electrons. The molecule has 1 saturated heterocycles. The van der Waals surface area contributed by atoms with Crippen LogP contribution in [0.5, 0.6) is 0 Å². The summed E-state index contributed by atoms with van der Waals surface area (Å²) in [4.78, 5) is 47.0. The van der Waals surface area contributed by atoms with Gasteiger partial charge in [-0.25, -0.2) is 14.8 Å². The van der Waals surface area contributed by atoms with E-state index in [4.69, 9.17) is 9.90 Å². The summed E-state index contributed by atoms with van der Waals surface area (Å²) in [6, 6.07) is 11.6. The third-order valence-corrected chi connectivity index (χ3v) is 6.06. The summed E-state index contributed by atoms with van der Waals surface area (Å²) in [5, 5.41) is 8.15. The second-order valence-electron chi connectivity index (χ2n) is 8.52. The third-order valence-electron chi connectivity index (χ3n) is 6.06. The molecule has 2 aromatic heterocycles. The molecule has 0 bridgehead atoms. The maximum Gasteiger partial charge on any atom is 0.490 e. The van der Waals surface area contributed by atoms with Gasteiger partial charge >= 0.3 is 12.1 Å². The fourth-order valence-corrected chi connectivity index (χ4v) is 4.22. The molecule has 0 saturated carbocycles. The Morgan fingerprint density at radius 2 is 1.78 bits per heavy atom. The first-order valence-electron chi connectivity index (χ1n) is 11.4. The molecule has 0 radical (unpaired) electrons. The van der Waals surface area contributed by atoms with E-state index in [2.05, 4.69) is 14.5 Å². The number of rotatable bonds is 3. The number of likely N-dealkylation sites (tertiary alicyclic amines) is 1. The Labute approximate surface area is 204 Å². The summed E-state index contributed by atoms with van der Waals surface area (Å²) in [5.74, 6) is -2.63. The summed E-state index contributed by atoms with van der Waals surface area (Å²) >= 11 is 0. The summed E-state index contributed by atoms with van der Waals surface area (Å²) in [5.41, 5.74) is 3.21. The number of nitrogens with zero attached hydrogens (tertiary/aromatic N) is 5. The largest absolute Gasteiger partial charge is 0.490 e. The van der Waals surface area contributed by atoms with Gasteiger partial charge in [0, 0.05) is 31.4 Å². The fourth-order valence-electron chi connectivity index (χ4n) is 4.22. The van der Waals surface area contributed by atoms with Gasteiger partial charge in [-0.05, 0) is 25.0 Å². The van der Waals surface area contributed by atoms with Gasteiger partial charge in [0.2, 0.25) is 5.91 Å². The van der Waals surface area contributed by atoms with E-state index in [-0.39, 0.29) is 11.8 Å². The van der Waals surface area contributed by atoms with Gasteiger partial charge < -0.3 is 19.5 Å². The number of amides is 2. The predicted octanol–water partition coefficient (Wildman–Crippen LogP) is 3.23. The zero-order valence-corrected chi connectivity index (χ0v) is 19.2. The third kappa shape index (κ3) is 5.64. The first-order chi connectivity index (χ1) is 17.1. The summed E-state index contributed by atoms with van der Waals surface area (Å²) < 4.78 is 33.9. The van der Waals surface area contributed by atoms with E-state index < -0.39 is 12.1 Å². The molecular formula is C24H24F3N5O4. The second-order valence-corrected chi connectivity index (χ2v) is 8.52. The zero-order valence-electron chi connectivity index (χ0n) is 19.2. The minimum atomic E-state index is -5.08. The number of hydrogen-bond acceptors (Lipinski definition) is 5. The van der Waals surface area contributed by atoms with E-state index in [1.165, 1.54) is 0 Å². The smallest absolute Gasteiger partial charge is 0.475 e. The Bertz CT molecular complexity index is 1290. The lowest BCUT2D eigenvalue weighted by Crippen LogP contribution is -2.32. The Morgan fingerprint density at radius 3 is 2.47 bits per heavy atom. The Kier molecular flexibility index (Phi) is 7.22. The molecule has 9 nitrogen and oxygen atoms in total. The van der Waals surface area contributed by atoms with Gasteiger partial charge in [0.15, 0.2) is 0 Å². The van der Waals surface area contributed by atoms with Gasteiger partial charge in [-0.15, -0.1) is 0 Å². The van der Waals surface area contributed by atoms with Crippen molar-refractivity contribution in [3.63, 3.8) is 0 Å². The number of carbonyl (C=O) groups is 3. The van der Waals surface area contributed by atoms with E-state index in [9.17, 15) is 22.8 Å². The predicted molar refractivity (Wildman–Crippen MR) is 122 cm³/mol. The molecule has 1 aromatic carbocycles. The van der Waals surface area contributed by atoms with Crippen molar-refractivity contribution < 1.29 is 32.7 Å². The first kappa shape index (κ1) is 25.1. The molecule has 4 heterocycles. The van der Waals surface area contributed by atoms with Crippen LogP contribution in [0, 0.1) is 0 Å². The number of para-hydroxylation sites is 1. The number of aryl methyl sites for hydroxylation is 1. The number of pyridine rings is 1. The minimum absolute atomic E-state index is 0.0615. The molecule has 2 amide bonds. The highest BCUT2D eigenvalue weighted by atomic mass is 19.4. The number of aliphatic carboxylic acids is 1. The van der Waals surface area contributed by atoms with E-state index in [0.29, 0.717) is 31.7 Å². The van der Waals surface area contributed by atoms with E-state index >= 15 is 0 Å². The van der Waals surface area contributed by atoms with Crippen LogP contribution in [0.2, 0.25) is 0 Å². The fraction of sp³-hybridized carbons (Fsp3) is 0.375. The lowest BCUT2D eigenvalue weighted by molar-refractivity contribution is -0.192. The zero-order chi connectivity index (χ0) is 25.9. The lowest BCUT2D eigenvalue weighted by Gasteiger charge is -2.21. The van der Waals surface area contributed by atoms with Crippen LogP contribution in [0.25, 0.3) is 10.9 Å². The number of hydrogen-bond donors (Lipinski definition) is 1. The van der Waals surface area contributed by atoms with E-state index in [1.807, 2.05) is 46.5 Å². The first-order valence-corrected chi connectivity index (χ1v) is 11.4. The van der Waals surface area contributed by atoms with Gasteiger partial charge in [-0.2, -0.15) is 13.2 Å². The molecule has 2 aliphatic rings. The Hall–Kier alpha value is -3.96. The average molecular weight is 503 g/mol. The molecule has 5 rings (SSSR count). The van der Waals surface area contributed by atoms with E-state index in [0.717, 1.165) is 48.2 Å². The number of carboxylic acids is 1. The van der Waals surface area contributed by atoms with Crippen molar-refractivity contribution >= 4 is 28.7 Å². The molecule has 2 aliphatic heterocycles. The number of carbonyl (C=O) groups excluding carboxylic acids is 2. The molecule has 0 atom stereocenters. The molecule has 0 unspecified atom stereocenters. The molecule has 0 aliphatic carbocycles. The SMILES string of the molecule is O=C(O)C(F)(F)F.O=C1CCCN1Cc1ncn2c1CN(C(=O)c1ccc3ccccc3n1)CCC2. The second kappa shape index (κ2) is 10.3. The minimum Gasteiger partial charge on any atom is -0.475 e. The number of benzene rings is 1. The number of alkyl halides is 3.